The number of carbonyl (C=O) groups is 2. The van der Waals surface area contributed by atoms with E-state index in [0.717, 1.165) is 73.4 Å². The van der Waals surface area contributed by atoms with Crippen molar-refractivity contribution in [2.45, 2.75) is 6.54 Å². The van der Waals surface area contributed by atoms with Gasteiger partial charge in [0.05, 0.1) is 12.1 Å². The first kappa shape index (κ1) is 22.5. The molecule has 6 rings (SSSR count). The summed E-state index contributed by atoms with van der Waals surface area (Å²) in [6.45, 7) is 6.20. The van der Waals surface area contributed by atoms with Crippen molar-refractivity contribution in [3.8, 4) is 0 Å². The van der Waals surface area contributed by atoms with Gasteiger partial charge in [-0.2, -0.15) is 0 Å². The van der Waals surface area contributed by atoms with E-state index in [9.17, 15) is 9.59 Å². The minimum atomic E-state index is -0.410. The molecule has 2 aliphatic rings. The van der Waals surface area contributed by atoms with Gasteiger partial charge in [-0.25, -0.2) is 4.98 Å². The third kappa shape index (κ3) is 4.40. The van der Waals surface area contributed by atoms with Crippen LogP contribution in [0.5, 0.6) is 0 Å². The van der Waals surface area contributed by atoms with Crippen molar-refractivity contribution in [3.63, 3.8) is 0 Å². The van der Waals surface area contributed by atoms with Gasteiger partial charge in [-0.05, 0) is 41.8 Å². The van der Waals surface area contributed by atoms with Crippen molar-refractivity contribution in [3.05, 3.63) is 72.4 Å². The van der Waals surface area contributed by atoms with E-state index >= 15 is 0 Å². The normalized spacial score (nSPS) is 17.0. The number of pyridine rings is 1. The van der Waals surface area contributed by atoms with E-state index in [1.165, 1.54) is 0 Å². The van der Waals surface area contributed by atoms with E-state index in [-0.39, 0.29) is 5.91 Å². The fourth-order valence-electron chi connectivity index (χ4n) is 5.40. The molecule has 8 nitrogen and oxygen atoms in total. The molecule has 0 atom stereocenters. The Morgan fingerprint density at radius 2 is 1.69 bits per heavy atom. The maximum atomic E-state index is 12.9. The van der Waals surface area contributed by atoms with Crippen LogP contribution in [0.3, 0.4) is 0 Å². The second kappa shape index (κ2) is 9.28. The Kier molecular flexibility index (Phi) is 5.81. The number of hydrogen-bond donors (Lipinski definition) is 1. The zero-order chi connectivity index (χ0) is 24.6. The number of primary amides is 1. The van der Waals surface area contributed by atoms with Gasteiger partial charge < -0.3 is 20.1 Å². The molecule has 8 heteroatoms. The first-order chi connectivity index (χ1) is 17.5. The lowest BCUT2D eigenvalue weighted by Gasteiger charge is -2.41. The highest BCUT2D eigenvalue weighted by atomic mass is 16.2. The van der Waals surface area contributed by atoms with Crippen LogP contribution in [0.25, 0.3) is 21.8 Å². The van der Waals surface area contributed by atoms with Gasteiger partial charge in [-0.3, -0.25) is 14.5 Å². The van der Waals surface area contributed by atoms with E-state index in [1.54, 1.807) is 6.07 Å². The highest BCUT2D eigenvalue weighted by molar-refractivity contribution is 5.97. The van der Waals surface area contributed by atoms with E-state index < -0.39 is 5.91 Å². The molecular formula is C28H30N6O2. The summed E-state index contributed by atoms with van der Waals surface area (Å²) in [5, 5.41) is 2.24. The molecule has 0 spiro atoms. The fourth-order valence-corrected chi connectivity index (χ4v) is 5.40. The summed E-state index contributed by atoms with van der Waals surface area (Å²) in [5.41, 5.74) is 8.01. The highest BCUT2D eigenvalue weighted by Crippen LogP contribution is 2.24. The van der Waals surface area contributed by atoms with Gasteiger partial charge >= 0.3 is 0 Å². The summed E-state index contributed by atoms with van der Waals surface area (Å²) in [4.78, 5) is 35.7. The van der Waals surface area contributed by atoms with E-state index in [1.807, 2.05) is 35.2 Å². The molecule has 0 aliphatic carbocycles. The number of anilines is 1. The van der Waals surface area contributed by atoms with Gasteiger partial charge in [-0.15, -0.1) is 0 Å². The topological polar surface area (TPSA) is 87.7 Å². The Morgan fingerprint density at radius 1 is 0.917 bits per heavy atom. The monoisotopic (exact) mass is 482 g/mol. The van der Waals surface area contributed by atoms with Crippen molar-refractivity contribution in [1.29, 1.82) is 0 Å². The summed E-state index contributed by atoms with van der Waals surface area (Å²) < 4.78 is 2.19. The minimum absolute atomic E-state index is 0.206. The lowest BCUT2D eigenvalue weighted by Crippen LogP contribution is -2.55. The molecule has 36 heavy (non-hydrogen) atoms. The standard InChI is InChI=1S/C28H30N6O2/c29-28(36)23-6-5-22-9-10-34(25(22)15-23)18-20-16-31(17-20)19-27(35)33-13-11-32(12-14-33)26-8-7-21-3-1-2-4-24(21)30-26/h1-10,15,20H,11-14,16-19H2,(H2,29,36). The summed E-state index contributed by atoms with van der Waals surface area (Å²) >= 11 is 0. The molecule has 2 fully saturated rings. The Morgan fingerprint density at radius 3 is 2.50 bits per heavy atom. The van der Waals surface area contributed by atoms with Gasteiger partial charge in [0.25, 0.3) is 0 Å². The molecule has 0 unspecified atom stereocenters. The number of rotatable bonds is 6. The minimum Gasteiger partial charge on any atom is -0.366 e. The quantitative estimate of drug-likeness (QED) is 0.456. The largest absolute Gasteiger partial charge is 0.366 e. The first-order valence-electron chi connectivity index (χ1n) is 12.5. The number of likely N-dealkylation sites (tertiary alicyclic amines) is 1. The SMILES string of the molecule is NC(=O)c1ccc2ccn(CC3CN(CC(=O)N4CCN(c5ccc6ccccc6n5)CC4)C3)c2c1. The molecule has 2 aromatic carbocycles. The predicted molar refractivity (Wildman–Crippen MR) is 141 cm³/mol. The number of amides is 2. The maximum Gasteiger partial charge on any atom is 0.248 e. The average molecular weight is 483 g/mol. The molecule has 2 N–H and O–H groups in total. The molecule has 184 valence electrons. The number of hydrogen-bond acceptors (Lipinski definition) is 5. The highest BCUT2D eigenvalue weighted by Gasteiger charge is 2.31. The summed E-state index contributed by atoms with van der Waals surface area (Å²) in [7, 11) is 0. The molecule has 2 amide bonds. The molecule has 4 heterocycles. The predicted octanol–water partition coefficient (Wildman–Crippen LogP) is 2.57. The number of fused-ring (bicyclic) bond motifs is 2. The second-order valence-corrected chi connectivity index (χ2v) is 9.90. The van der Waals surface area contributed by atoms with Crippen LogP contribution in [0.15, 0.2) is 66.9 Å². The van der Waals surface area contributed by atoms with Crippen LogP contribution in [-0.2, 0) is 11.3 Å². The zero-order valence-corrected chi connectivity index (χ0v) is 20.2. The van der Waals surface area contributed by atoms with Gasteiger partial charge in [0.15, 0.2) is 0 Å². The maximum absolute atomic E-state index is 12.9. The van der Waals surface area contributed by atoms with E-state index in [2.05, 4.69) is 44.8 Å². The number of nitrogens with zero attached hydrogens (tertiary/aromatic N) is 5. The number of para-hydroxylation sites is 1. The van der Waals surface area contributed by atoms with E-state index in [4.69, 9.17) is 10.7 Å². The van der Waals surface area contributed by atoms with Crippen LogP contribution in [0, 0.1) is 5.92 Å². The smallest absolute Gasteiger partial charge is 0.248 e. The lowest BCUT2D eigenvalue weighted by molar-refractivity contribution is -0.134. The van der Waals surface area contributed by atoms with Crippen LogP contribution < -0.4 is 10.6 Å². The molecule has 2 saturated heterocycles. The second-order valence-electron chi connectivity index (χ2n) is 9.90. The van der Waals surface area contributed by atoms with Crippen LogP contribution in [0.2, 0.25) is 0 Å². The molecule has 0 radical (unpaired) electrons. The number of aromatic nitrogens is 2. The van der Waals surface area contributed by atoms with Crippen LogP contribution in [-0.4, -0.2) is 77.0 Å². The Labute approximate surface area is 209 Å². The summed E-state index contributed by atoms with van der Waals surface area (Å²) in [6.07, 6.45) is 2.06. The summed E-state index contributed by atoms with van der Waals surface area (Å²) in [6, 6.07) is 20.0. The number of nitrogens with two attached hydrogens (primary N) is 1. The van der Waals surface area contributed by atoms with Gasteiger partial charge in [0.1, 0.15) is 5.82 Å². The third-order valence-corrected chi connectivity index (χ3v) is 7.45. The number of benzene rings is 2. The molecule has 4 aromatic rings. The first-order valence-corrected chi connectivity index (χ1v) is 12.5. The van der Waals surface area contributed by atoms with Crippen molar-refractivity contribution in [1.82, 2.24) is 19.4 Å². The van der Waals surface area contributed by atoms with Crippen molar-refractivity contribution in [2.75, 3.05) is 50.7 Å². The Hall–Kier alpha value is -3.91. The molecule has 0 saturated carbocycles. The van der Waals surface area contributed by atoms with Crippen LogP contribution in [0.4, 0.5) is 5.82 Å². The molecule has 0 bridgehead atoms. The van der Waals surface area contributed by atoms with E-state index in [0.29, 0.717) is 18.0 Å². The summed E-state index contributed by atoms with van der Waals surface area (Å²) in [5.74, 6) is 1.26. The van der Waals surface area contributed by atoms with Crippen molar-refractivity contribution < 1.29 is 9.59 Å². The lowest BCUT2D eigenvalue weighted by atomic mass is 10.00. The molecular weight excluding hydrogens is 452 g/mol. The van der Waals surface area contributed by atoms with Gasteiger partial charge in [-0.1, -0.05) is 24.3 Å². The van der Waals surface area contributed by atoms with Gasteiger partial charge in [0, 0.05) is 74.4 Å². The zero-order valence-electron chi connectivity index (χ0n) is 20.2. The number of piperazine rings is 1. The Balaban J connectivity index is 0.988. The molecule has 2 aromatic heterocycles. The fraction of sp³-hybridized carbons (Fsp3) is 0.321. The van der Waals surface area contributed by atoms with Crippen molar-refractivity contribution >= 4 is 39.4 Å². The Bertz CT molecular complexity index is 1430. The average Bonchev–Trinajstić information content (AvgIpc) is 3.29. The van der Waals surface area contributed by atoms with Crippen LogP contribution >= 0.6 is 0 Å². The van der Waals surface area contributed by atoms with Crippen LogP contribution in [0.1, 0.15) is 10.4 Å². The van der Waals surface area contributed by atoms with Crippen molar-refractivity contribution in [2.24, 2.45) is 11.7 Å². The number of carbonyl (C=O) groups excluding carboxylic acids is 2. The third-order valence-electron chi connectivity index (χ3n) is 7.45. The van der Waals surface area contributed by atoms with Gasteiger partial charge in [0.2, 0.25) is 11.8 Å². The molecule has 2 aliphatic heterocycles.